The van der Waals surface area contributed by atoms with Crippen molar-refractivity contribution >= 4 is 6.03 Å². The van der Waals surface area contributed by atoms with E-state index in [0.717, 1.165) is 5.75 Å². The van der Waals surface area contributed by atoms with Crippen LogP contribution in [0, 0.1) is 0 Å². The lowest BCUT2D eigenvalue weighted by Crippen LogP contribution is -2.37. The molecule has 0 saturated heterocycles. The van der Waals surface area contributed by atoms with Crippen LogP contribution in [0.3, 0.4) is 0 Å². The number of rotatable bonds is 7. The fourth-order valence-corrected chi connectivity index (χ4v) is 1.67. The molecule has 6 heteroatoms. The third-order valence-electron chi connectivity index (χ3n) is 2.70. The molecule has 0 atom stereocenters. The van der Waals surface area contributed by atoms with Gasteiger partial charge in [-0.05, 0) is 24.3 Å². The minimum absolute atomic E-state index is 0.263. The Kier molecular flexibility index (Phi) is 5.51. The molecule has 0 saturated carbocycles. The molecule has 2 amide bonds. The zero-order valence-electron chi connectivity index (χ0n) is 11.8. The van der Waals surface area contributed by atoms with Crippen molar-refractivity contribution in [3.8, 4) is 11.5 Å². The van der Waals surface area contributed by atoms with Crippen LogP contribution >= 0.6 is 0 Å². The molecule has 0 aliphatic heterocycles. The second-order valence-corrected chi connectivity index (χ2v) is 4.22. The van der Waals surface area contributed by atoms with Gasteiger partial charge in [0.05, 0.1) is 26.5 Å². The average molecular weight is 290 g/mol. The van der Waals surface area contributed by atoms with E-state index in [1.165, 1.54) is 0 Å². The Bertz CT molecular complexity index is 555. The molecule has 21 heavy (non-hydrogen) atoms. The summed E-state index contributed by atoms with van der Waals surface area (Å²) in [6.07, 6.45) is 1.57. The molecule has 0 unspecified atom stereocenters. The van der Waals surface area contributed by atoms with Crippen molar-refractivity contribution in [3.05, 3.63) is 48.4 Å². The van der Waals surface area contributed by atoms with Crippen LogP contribution in [0.1, 0.15) is 5.76 Å². The Labute approximate surface area is 123 Å². The van der Waals surface area contributed by atoms with Crippen LogP contribution in [0.25, 0.3) is 0 Å². The second kappa shape index (κ2) is 7.84. The Balaban J connectivity index is 1.61. The number of benzene rings is 1. The maximum atomic E-state index is 11.5. The molecule has 1 heterocycles. The molecule has 6 nitrogen and oxygen atoms in total. The quantitative estimate of drug-likeness (QED) is 0.766. The smallest absolute Gasteiger partial charge is 0.315 e. The van der Waals surface area contributed by atoms with Gasteiger partial charge in [-0.25, -0.2) is 4.79 Å². The molecule has 0 radical (unpaired) electrons. The summed E-state index contributed by atoms with van der Waals surface area (Å²) in [7, 11) is 1.60. The first-order valence-electron chi connectivity index (χ1n) is 6.59. The highest BCUT2D eigenvalue weighted by atomic mass is 16.5. The molecular formula is C15H18N2O4. The molecule has 1 aromatic carbocycles. The van der Waals surface area contributed by atoms with Gasteiger partial charge >= 0.3 is 6.03 Å². The highest BCUT2D eigenvalue weighted by Crippen LogP contribution is 2.18. The molecule has 2 rings (SSSR count). The fraction of sp³-hybridized carbons (Fsp3) is 0.267. The lowest BCUT2D eigenvalue weighted by molar-refractivity contribution is 0.235. The third kappa shape index (κ3) is 5.10. The average Bonchev–Trinajstić information content (AvgIpc) is 3.03. The van der Waals surface area contributed by atoms with Crippen molar-refractivity contribution in [1.29, 1.82) is 0 Å². The van der Waals surface area contributed by atoms with Crippen molar-refractivity contribution < 1.29 is 18.7 Å². The first kappa shape index (κ1) is 14.8. The van der Waals surface area contributed by atoms with Gasteiger partial charge in [0, 0.05) is 6.07 Å². The zero-order valence-corrected chi connectivity index (χ0v) is 11.8. The topological polar surface area (TPSA) is 72.7 Å². The van der Waals surface area contributed by atoms with E-state index in [1.54, 1.807) is 31.6 Å². The van der Waals surface area contributed by atoms with E-state index in [9.17, 15) is 4.79 Å². The summed E-state index contributed by atoms with van der Waals surface area (Å²) < 4.78 is 15.7. The summed E-state index contributed by atoms with van der Waals surface area (Å²) in [6.45, 7) is 1.14. The van der Waals surface area contributed by atoms with E-state index < -0.39 is 0 Å². The molecule has 0 aliphatic carbocycles. The Morgan fingerprint density at radius 2 is 2.05 bits per heavy atom. The molecule has 0 aliphatic rings. The number of hydrogen-bond acceptors (Lipinski definition) is 4. The normalized spacial score (nSPS) is 9.95. The monoisotopic (exact) mass is 290 g/mol. The Hall–Kier alpha value is -2.63. The number of hydrogen-bond donors (Lipinski definition) is 2. The van der Waals surface area contributed by atoms with Gasteiger partial charge in [-0.3, -0.25) is 0 Å². The van der Waals surface area contributed by atoms with E-state index in [-0.39, 0.29) is 6.03 Å². The molecule has 0 fully saturated rings. The van der Waals surface area contributed by atoms with E-state index in [4.69, 9.17) is 13.9 Å². The summed E-state index contributed by atoms with van der Waals surface area (Å²) in [5.74, 6) is 2.14. The van der Waals surface area contributed by atoms with Crippen molar-refractivity contribution in [2.24, 2.45) is 0 Å². The molecular weight excluding hydrogens is 272 g/mol. The van der Waals surface area contributed by atoms with E-state index in [1.807, 2.05) is 18.2 Å². The summed E-state index contributed by atoms with van der Waals surface area (Å²) in [5.41, 5.74) is 0. The number of amides is 2. The lowest BCUT2D eigenvalue weighted by Gasteiger charge is -2.09. The van der Waals surface area contributed by atoms with Crippen molar-refractivity contribution in [3.63, 3.8) is 0 Å². The van der Waals surface area contributed by atoms with Gasteiger partial charge in [0.1, 0.15) is 23.9 Å². The number of nitrogens with one attached hydrogen (secondary N) is 2. The van der Waals surface area contributed by atoms with Crippen LogP contribution in [0.5, 0.6) is 11.5 Å². The maximum Gasteiger partial charge on any atom is 0.315 e. The standard InChI is InChI=1S/C15H18N2O4/c1-19-12-4-2-5-13(10-12)21-9-7-16-15(18)17-11-14-6-3-8-20-14/h2-6,8,10H,7,9,11H2,1H3,(H2,16,17,18). The fourth-order valence-electron chi connectivity index (χ4n) is 1.67. The molecule has 2 aromatic rings. The van der Waals surface area contributed by atoms with Gasteiger partial charge in [-0.1, -0.05) is 6.07 Å². The van der Waals surface area contributed by atoms with E-state index >= 15 is 0 Å². The lowest BCUT2D eigenvalue weighted by atomic mass is 10.3. The third-order valence-corrected chi connectivity index (χ3v) is 2.70. The van der Waals surface area contributed by atoms with Gasteiger partial charge in [-0.2, -0.15) is 0 Å². The number of ether oxygens (including phenoxy) is 2. The largest absolute Gasteiger partial charge is 0.497 e. The molecule has 2 N–H and O–H groups in total. The highest BCUT2D eigenvalue weighted by Gasteiger charge is 2.02. The number of methoxy groups -OCH3 is 1. The van der Waals surface area contributed by atoms with Gasteiger partial charge in [0.15, 0.2) is 0 Å². The van der Waals surface area contributed by atoms with Crippen LogP contribution in [0.15, 0.2) is 47.1 Å². The second-order valence-electron chi connectivity index (χ2n) is 4.22. The van der Waals surface area contributed by atoms with E-state index in [0.29, 0.717) is 31.2 Å². The SMILES string of the molecule is COc1cccc(OCCNC(=O)NCc2ccco2)c1. The predicted octanol–water partition coefficient (Wildman–Crippen LogP) is 2.17. The van der Waals surface area contributed by atoms with Gasteiger partial charge < -0.3 is 24.5 Å². The van der Waals surface area contributed by atoms with E-state index in [2.05, 4.69) is 10.6 Å². The highest BCUT2D eigenvalue weighted by molar-refractivity contribution is 5.73. The predicted molar refractivity (Wildman–Crippen MR) is 77.4 cm³/mol. The van der Waals surface area contributed by atoms with Gasteiger partial charge in [0.2, 0.25) is 0 Å². The summed E-state index contributed by atoms with van der Waals surface area (Å²) in [6, 6.07) is 10.6. The van der Waals surface area contributed by atoms with Crippen LogP contribution < -0.4 is 20.1 Å². The molecule has 0 spiro atoms. The van der Waals surface area contributed by atoms with Gasteiger partial charge in [0.25, 0.3) is 0 Å². The maximum absolute atomic E-state index is 11.5. The Morgan fingerprint density at radius 1 is 1.19 bits per heavy atom. The molecule has 1 aromatic heterocycles. The Morgan fingerprint density at radius 3 is 2.81 bits per heavy atom. The number of carbonyl (C=O) groups is 1. The van der Waals surface area contributed by atoms with Crippen molar-refractivity contribution in [2.75, 3.05) is 20.3 Å². The first-order valence-corrected chi connectivity index (χ1v) is 6.59. The minimum atomic E-state index is -0.263. The van der Waals surface area contributed by atoms with Crippen molar-refractivity contribution in [2.45, 2.75) is 6.54 Å². The van der Waals surface area contributed by atoms with Gasteiger partial charge in [-0.15, -0.1) is 0 Å². The van der Waals surface area contributed by atoms with Crippen LogP contribution in [-0.2, 0) is 6.54 Å². The summed E-state index contributed by atoms with van der Waals surface area (Å²) in [5, 5.41) is 5.38. The number of urea groups is 1. The molecule has 112 valence electrons. The number of carbonyl (C=O) groups excluding carboxylic acids is 1. The minimum Gasteiger partial charge on any atom is -0.497 e. The van der Waals surface area contributed by atoms with Crippen LogP contribution in [-0.4, -0.2) is 26.3 Å². The molecule has 0 bridgehead atoms. The first-order chi connectivity index (χ1) is 10.3. The summed E-state index contributed by atoms with van der Waals surface area (Å²) in [4.78, 5) is 11.5. The number of furan rings is 1. The van der Waals surface area contributed by atoms with Crippen LogP contribution in [0.2, 0.25) is 0 Å². The summed E-state index contributed by atoms with van der Waals surface area (Å²) >= 11 is 0. The van der Waals surface area contributed by atoms with Crippen LogP contribution in [0.4, 0.5) is 4.79 Å². The van der Waals surface area contributed by atoms with Crippen molar-refractivity contribution in [1.82, 2.24) is 10.6 Å². The zero-order chi connectivity index (χ0) is 14.9.